The van der Waals surface area contributed by atoms with Gasteiger partial charge in [-0.25, -0.2) is 0 Å². The van der Waals surface area contributed by atoms with Gasteiger partial charge in [0.2, 0.25) is 0 Å². The van der Waals surface area contributed by atoms with E-state index >= 15 is 0 Å². The number of hydrogen-bond acceptors (Lipinski definition) is 2. The number of nitrogens with one attached hydrogen (secondary N) is 1. The second-order valence-electron chi connectivity index (χ2n) is 5.23. The molecule has 5 heteroatoms. The second kappa shape index (κ2) is 6.25. The molecule has 0 unspecified atom stereocenters. The lowest BCUT2D eigenvalue weighted by Gasteiger charge is -2.33. The molecule has 1 amide bonds. The molecule has 1 aromatic carbocycles. The first kappa shape index (κ1) is 14.8. The van der Waals surface area contributed by atoms with Crippen LogP contribution in [0.15, 0.2) is 22.7 Å². The molecule has 1 aliphatic rings. The lowest BCUT2D eigenvalue weighted by molar-refractivity contribution is 0.0238. The van der Waals surface area contributed by atoms with Crippen molar-refractivity contribution >= 4 is 33.4 Å². The average Bonchev–Trinajstić information content (AvgIpc) is 2.40. The Balaban J connectivity index is 1.95. The van der Waals surface area contributed by atoms with Gasteiger partial charge in [-0.1, -0.05) is 18.5 Å². The minimum atomic E-state index is -0.0814. The van der Waals surface area contributed by atoms with Crippen molar-refractivity contribution in [3.8, 4) is 0 Å². The van der Waals surface area contributed by atoms with Crippen LogP contribution in [-0.2, 0) is 4.74 Å². The van der Waals surface area contributed by atoms with Crippen LogP contribution in [0, 0.1) is 5.41 Å². The number of halogens is 2. The topological polar surface area (TPSA) is 38.3 Å². The average molecular weight is 347 g/mol. The quantitative estimate of drug-likeness (QED) is 0.907. The zero-order chi connectivity index (χ0) is 13.9. The predicted molar refractivity (Wildman–Crippen MR) is 79.6 cm³/mol. The lowest BCUT2D eigenvalue weighted by atomic mass is 9.82. The standard InChI is InChI=1S/C14H17BrClNO2/c1-14(4-6-19-7-5-14)9-17-13(18)10-2-3-11(15)12(16)8-10/h2-3,8H,4-7,9H2,1H3,(H,17,18). The molecular weight excluding hydrogens is 330 g/mol. The molecule has 0 atom stereocenters. The van der Waals surface area contributed by atoms with Gasteiger partial charge >= 0.3 is 0 Å². The van der Waals surface area contributed by atoms with Crippen LogP contribution >= 0.6 is 27.5 Å². The monoisotopic (exact) mass is 345 g/mol. The molecule has 1 aliphatic heterocycles. The Hall–Kier alpha value is -0.580. The number of carbonyl (C=O) groups is 1. The fourth-order valence-corrected chi connectivity index (χ4v) is 2.50. The Morgan fingerprint density at radius 3 is 2.79 bits per heavy atom. The van der Waals surface area contributed by atoms with Crippen LogP contribution in [0.5, 0.6) is 0 Å². The summed E-state index contributed by atoms with van der Waals surface area (Å²) in [5.41, 5.74) is 0.719. The predicted octanol–water partition coefficient (Wildman–Crippen LogP) is 3.65. The lowest BCUT2D eigenvalue weighted by Crippen LogP contribution is -2.39. The third kappa shape index (κ3) is 3.94. The summed E-state index contributed by atoms with van der Waals surface area (Å²) in [4.78, 5) is 12.1. The van der Waals surface area contributed by atoms with E-state index in [-0.39, 0.29) is 11.3 Å². The summed E-state index contributed by atoms with van der Waals surface area (Å²) in [6.45, 7) is 4.40. The number of ether oxygens (including phenoxy) is 1. The van der Waals surface area contributed by atoms with Crippen molar-refractivity contribution in [2.24, 2.45) is 5.41 Å². The second-order valence-corrected chi connectivity index (χ2v) is 6.50. The smallest absolute Gasteiger partial charge is 0.251 e. The van der Waals surface area contributed by atoms with Crippen LogP contribution in [0.25, 0.3) is 0 Å². The molecule has 0 radical (unpaired) electrons. The van der Waals surface area contributed by atoms with Gasteiger partial charge in [-0.05, 0) is 52.4 Å². The fourth-order valence-electron chi connectivity index (χ4n) is 2.07. The van der Waals surface area contributed by atoms with Crippen LogP contribution in [0.3, 0.4) is 0 Å². The minimum absolute atomic E-state index is 0.0814. The van der Waals surface area contributed by atoms with E-state index in [2.05, 4.69) is 28.2 Å². The van der Waals surface area contributed by atoms with Gasteiger partial charge in [0.1, 0.15) is 0 Å². The van der Waals surface area contributed by atoms with E-state index in [1.807, 2.05) is 0 Å². The van der Waals surface area contributed by atoms with Gasteiger partial charge in [0.15, 0.2) is 0 Å². The van der Waals surface area contributed by atoms with E-state index < -0.39 is 0 Å². The summed E-state index contributed by atoms with van der Waals surface area (Å²) in [6.07, 6.45) is 1.96. The van der Waals surface area contributed by atoms with Crippen LogP contribution < -0.4 is 5.32 Å². The molecule has 0 saturated carbocycles. The molecule has 2 rings (SSSR count). The van der Waals surface area contributed by atoms with Crippen molar-refractivity contribution < 1.29 is 9.53 Å². The fraction of sp³-hybridized carbons (Fsp3) is 0.500. The van der Waals surface area contributed by atoms with Crippen molar-refractivity contribution in [1.82, 2.24) is 5.32 Å². The summed E-state index contributed by atoms with van der Waals surface area (Å²) in [5.74, 6) is -0.0814. The maximum atomic E-state index is 12.1. The molecule has 19 heavy (non-hydrogen) atoms. The Morgan fingerprint density at radius 2 is 2.16 bits per heavy atom. The van der Waals surface area contributed by atoms with Gasteiger partial charge in [-0.15, -0.1) is 0 Å². The summed E-state index contributed by atoms with van der Waals surface area (Å²) in [6, 6.07) is 5.22. The zero-order valence-electron chi connectivity index (χ0n) is 10.8. The Labute approximate surface area is 126 Å². The van der Waals surface area contributed by atoms with Crippen molar-refractivity contribution in [2.75, 3.05) is 19.8 Å². The first-order valence-corrected chi connectivity index (χ1v) is 7.48. The summed E-state index contributed by atoms with van der Waals surface area (Å²) in [7, 11) is 0. The van der Waals surface area contributed by atoms with Crippen LogP contribution in [0.4, 0.5) is 0 Å². The minimum Gasteiger partial charge on any atom is -0.381 e. The molecule has 1 aromatic rings. The summed E-state index contributed by atoms with van der Waals surface area (Å²) < 4.78 is 6.14. The maximum absolute atomic E-state index is 12.1. The molecule has 1 fully saturated rings. The summed E-state index contributed by atoms with van der Waals surface area (Å²) >= 11 is 9.30. The molecule has 1 N–H and O–H groups in total. The number of benzene rings is 1. The van der Waals surface area contributed by atoms with Crippen molar-refractivity contribution in [2.45, 2.75) is 19.8 Å². The van der Waals surface area contributed by atoms with Crippen LogP contribution in [-0.4, -0.2) is 25.7 Å². The highest BCUT2D eigenvalue weighted by atomic mass is 79.9. The molecule has 3 nitrogen and oxygen atoms in total. The Bertz CT molecular complexity index is 473. The largest absolute Gasteiger partial charge is 0.381 e. The first-order chi connectivity index (χ1) is 9.00. The van der Waals surface area contributed by atoms with Gasteiger partial charge in [-0.3, -0.25) is 4.79 Å². The van der Waals surface area contributed by atoms with E-state index in [1.54, 1.807) is 18.2 Å². The van der Waals surface area contributed by atoms with Gasteiger partial charge in [0, 0.05) is 29.8 Å². The van der Waals surface area contributed by atoms with E-state index in [9.17, 15) is 4.79 Å². The highest BCUT2D eigenvalue weighted by Gasteiger charge is 2.27. The van der Waals surface area contributed by atoms with Crippen LogP contribution in [0.1, 0.15) is 30.1 Å². The van der Waals surface area contributed by atoms with Gasteiger partial charge in [-0.2, -0.15) is 0 Å². The number of hydrogen-bond donors (Lipinski definition) is 1. The first-order valence-electron chi connectivity index (χ1n) is 6.31. The van der Waals surface area contributed by atoms with Gasteiger partial charge in [0.25, 0.3) is 5.91 Å². The highest BCUT2D eigenvalue weighted by Crippen LogP contribution is 2.29. The highest BCUT2D eigenvalue weighted by molar-refractivity contribution is 9.10. The third-order valence-electron chi connectivity index (χ3n) is 3.56. The Kier molecular flexibility index (Phi) is 4.87. The normalized spacial score (nSPS) is 18.1. The van der Waals surface area contributed by atoms with Gasteiger partial charge < -0.3 is 10.1 Å². The molecule has 104 valence electrons. The third-order valence-corrected chi connectivity index (χ3v) is 4.79. The zero-order valence-corrected chi connectivity index (χ0v) is 13.2. The van der Waals surface area contributed by atoms with Crippen molar-refractivity contribution in [3.05, 3.63) is 33.3 Å². The maximum Gasteiger partial charge on any atom is 0.251 e. The molecular formula is C14H17BrClNO2. The van der Waals surface area contributed by atoms with Crippen molar-refractivity contribution in [3.63, 3.8) is 0 Å². The molecule has 0 spiro atoms. The Morgan fingerprint density at radius 1 is 1.47 bits per heavy atom. The van der Waals surface area contributed by atoms with E-state index in [4.69, 9.17) is 16.3 Å². The van der Waals surface area contributed by atoms with E-state index in [0.717, 1.165) is 30.5 Å². The van der Waals surface area contributed by atoms with Gasteiger partial charge in [0.05, 0.1) is 5.02 Å². The number of amides is 1. The molecule has 0 aliphatic carbocycles. The molecule has 0 bridgehead atoms. The molecule has 1 heterocycles. The SMILES string of the molecule is CC1(CNC(=O)c2ccc(Br)c(Cl)c2)CCOCC1. The van der Waals surface area contributed by atoms with E-state index in [0.29, 0.717) is 17.1 Å². The van der Waals surface area contributed by atoms with Crippen molar-refractivity contribution in [1.29, 1.82) is 0 Å². The van der Waals surface area contributed by atoms with Crippen LogP contribution in [0.2, 0.25) is 5.02 Å². The molecule has 1 saturated heterocycles. The number of carbonyl (C=O) groups excluding carboxylic acids is 1. The van der Waals surface area contributed by atoms with E-state index in [1.165, 1.54) is 0 Å². The summed E-state index contributed by atoms with van der Waals surface area (Å²) in [5, 5.41) is 3.53. The molecule has 0 aromatic heterocycles. The number of rotatable bonds is 3.